The quantitative estimate of drug-likeness (QED) is 0.810. The molecule has 1 aromatic carbocycles. The fourth-order valence-electron chi connectivity index (χ4n) is 1.50. The zero-order chi connectivity index (χ0) is 13.7. The molecule has 0 aliphatic carbocycles. The molecule has 0 saturated carbocycles. The molecule has 0 aliphatic heterocycles. The first kappa shape index (κ1) is 14.5. The summed E-state index contributed by atoms with van der Waals surface area (Å²) in [4.78, 5) is 12.0. The average Bonchev–Trinajstić information content (AvgIpc) is 2.30. The van der Waals surface area contributed by atoms with Gasteiger partial charge in [0, 0.05) is 13.1 Å². The molecule has 0 aliphatic rings. The number of aliphatic hydroxyl groups is 1. The van der Waals surface area contributed by atoms with E-state index in [-0.39, 0.29) is 25.1 Å². The number of hydrogen-bond donors (Lipinski definition) is 2. The maximum absolute atomic E-state index is 13.0. The van der Waals surface area contributed by atoms with Crippen LogP contribution in [0.25, 0.3) is 0 Å². The fourth-order valence-corrected chi connectivity index (χ4v) is 1.50. The van der Waals surface area contributed by atoms with E-state index in [1.165, 1.54) is 6.07 Å². The Morgan fingerprint density at radius 2 is 2.06 bits per heavy atom. The predicted molar refractivity (Wildman–Crippen MR) is 61.1 cm³/mol. The Morgan fingerprint density at radius 3 is 2.61 bits per heavy atom. The molecule has 1 atom stereocenters. The van der Waals surface area contributed by atoms with Crippen molar-refractivity contribution in [3.63, 3.8) is 0 Å². The summed E-state index contributed by atoms with van der Waals surface area (Å²) >= 11 is 0. The molecule has 0 heterocycles. The van der Waals surface area contributed by atoms with Crippen LogP contribution in [0.2, 0.25) is 0 Å². The van der Waals surface area contributed by atoms with Gasteiger partial charge in [-0.2, -0.15) is 0 Å². The van der Waals surface area contributed by atoms with Crippen LogP contribution in [-0.2, 0) is 4.79 Å². The van der Waals surface area contributed by atoms with Crippen molar-refractivity contribution >= 4 is 5.97 Å². The molecular formula is C12H15F2NO3. The minimum absolute atomic E-state index is 0.0407. The van der Waals surface area contributed by atoms with Gasteiger partial charge in [0.25, 0.3) is 0 Å². The van der Waals surface area contributed by atoms with E-state index in [0.29, 0.717) is 0 Å². The standard InChI is InChI=1S/C12H15F2NO3/c1-15(5-4-12(17)18)7-11(16)8-2-3-9(13)10(14)6-8/h2-3,6,11,16H,4-5,7H2,1H3,(H,17,18). The number of hydrogen-bond acceptors (Lipinski definition) is 3. The van der Waals surface area contributed by atoms with Crippen molar-refractivity contribution in [3.05, 3.63) is 35.4 Å². The van der Waals surface area contributed by atoms with Crippen molar-refractivity contribution in [2.24, 2.45) is 0 Å². The van der Waals surface area contributed by atoms with Crippen LogP contribution >= 0.6 is 0 Å². The van der Waals surface area contributed by atoms with Crippen molar-refractivity contribution in [3.8, 4) is 0 Å². The van der Waals surface area contributed by atoms with Gasteiger partial charge >= 0.3 is 5.97 Å². The lowest BCUT2D eigenvalue weighted by Gasteiger charge is -2.20. The van der Waals surface area contributed by atoms with Gasteiger partial charge < -0.3 is 15.1 Å². The zero-order valence-electron chi connectivity index (χ0n) is 9.94. The number of likely N-dealkylation sites (N-methyl/N-ethyl adjacent to an activating group) is 1. The van der Waals surface area contributed by atoms with E-state index in [4.69, 9.17) is 5.11 Å². The van der Waals surface area contributed by atoms with Crippen LogP contribution in [0.15, 0.2) is 18.2 Å². The van der Waals surface area contributed by atoms with Gasteiger partial charge in [-0.1, -0.05) is 6.07 Å². The summed E-state index contributed by atoms with van der Waals surface area (Å²) in [6.45, 7) is 0.425. The van der Waals surface area contributed by atoms with Gasteiger partial charge in [0.15, 0.2) is 11.6 Å². The van der Waals surface area contributed by atoms with E-state index in [9.17, 15) is 18.7 Å². The topological polar surface area (TPSA) is 60.8 Å². The van der Waals surface area contributed by atoms with Gasteiger partial charge in [0.1, 0.15) is 0 Å². The number of carboxylic acids is 1. The van der Waals surface area contributed by atoms with E-state index < -0.39 is 23.7 Å². The summed E-state index contributed by atoms with van der Waals surface area (Å²) in [5, 5.41) is 18.3. The molecule has 100 valence electrons. The third kappa shape index (κ3) is 4.38. The van der Waals surface area contributed by atoms with Gasteiger partial charge in [0.05, 0.1) is 12.5 Å². The monoisotopic (exact) mass is 259 g/mol. The van der Waals surface area contributed by atoms with Crippen molar-refractivity contribution in [1.82, 2.24) is 4.90 Å². The summed E-state index contributed by atoms with van der Waals surface area (Å²) < 4.78 is 25.7. The SMILES string of the molecule is CN(CCC(=O)O)CC(O)c1ccc(F)c(F)c1. The summed E-state index contributed by atoms with van der Waals surface area (Å²) in [6.07, 6.45) is -1.03. The minimum atomic E-state index is -1.01. The molecule has 1 rings (SSSR count). The Labute approximate surface area is 103 Å². The Kier molecular flexibility index (Phi) is 5.18. The second-order valence-corrected chi connectivity index (χ2v) is 4.10. The molecule has 6 heteroatoms. The molecule has 0 saturated heterocycles. The van der Waals surface area contributed by atoms with Crippen LogP contribution in [0.5, 0.6) is 0 Å². The van der Waals surface area contributed by atoms with Gasteiger partial charge in [-0.05, 0) is 24.7 Å². The van der Waals surface area contributed by atoms with Crippen LogP contribution in [0, 0.1) is 11.6 Å². The van der Waals surface area contributed by atoms with Crippen molar-refractivity contribution in [1.29, 1.82) is 0 Å². The molecule has 0 amide bonds. The number of carboxylic acid groups (broad SMARTS) is 1. The molecule has 18 heavy (non-hydrogen) atoms. The van der Waals surface area contributed by atoms with E-state index in [0.717, 1.165) is 12.1 Å². The highest BCUT2D eigenvalue weighted by atomic mass is 19.2. The molecule has 1 unspecified atom stereocenters. The largest absolute Gasteiger partial charge is 0.481 e. The second-order valence-electron chi connectivity index (χ2n) is 4.10. The molecule has 2 N–H and O–H groups in total. The van der Waals surface area contributed by atoms with Crippen LogP contribution in [0.1, 0.15) is 18.1 Å². The summed E-state index contributed by atoms with van der Waals surface area (Å²) in [6, 6.07) is 3.18. The molecule has 0 radical (unpaired) electrons. The van der Waals surface area contributed by atoms with Gasteiger partial charge in [-0.3, -0.25) is 4.79 Å². The van der Waals surface area contributed by atoms with Gasteiger partial charge in [0.2, 0.25) is 0 Å². The first-order valence-corrected chi connectivity index (χ1v) is 5.43. The number of halogens is 2. The lowest BCUT2D eigenvalue weighted by molar-refractivity contribution is -0.137. The number of rotatable bonds is 6. The molecule has 0 spiro atoms. The average molecular weight is 259 g/mol. The number of nitrogens with zero attached hydrogens (tertiary/aromatic N) is 1. The maximum Gasteiger partial charge on any atom is 0.304 e. The Bertz CT molecular complexity index is 426. The van der Waals surface area contributed by atoms with Crippen molar-refractivity contribution in [2.45, 2.75) is 12.5 Å². The van der Waals surface area contributed by atoms with Crippen molar-refractivity contribution in [2.75, 3.05) is 20.1 Å². The first-order valence-electron chi connectivity index (χ1n) is 5.43. The third-order valence-electron chi connectivity index (χ3n) is 2.52. The molecule has 0 bridgehead atoms. The minimum Gasteiger partial charge on any atom is -0.481 e. The van der Waals surface area contributed by atoms with Gasteiger partial charge in [-0.15, -0.1) is 0 Å². The lowest BCUT2D eigenvalue weighted by atomic mass is 10.1. The number of benzene rings is 1. The molecule has 0 aromatic heterocycles. The lowest BCUT2D eigenvalue weighted by Crippen LogP contribution is -2.27. The molecule has 1 aromatic rings. The Balaban J connectivity index is 2.56. The smallest absolute Gasteiger partial charge is 0.304 e. The normalized spacial score (nSPS) is 12.7. The number of aliphatic carboxylic acids is 1. The van der Waals surface area contributed by atoms with Gasteiger partial charge in [-0.25, -0.2) is 8.78 Å². The van der Waals surface area contributed by atoms with E-state index in [1.807, 2.05) is 0 Å². The maximum atomic E-state index is 13.0. The summed E-state index contributed by atoms with van der Waals surface area (Å²) in [5.74, 6) is -2.91. The second kappa shape index (κ2) is 6.42. The van der Waals surface area contributed by atoms with E-state index in [2.05, 4.69) is 0 Å². The highest BCUT2D eigenvalue weighted by molar-refractivity contribution is 5.66. The van der Waals surface area contributed by atoms with Crippen LogP contribution in [-0.4, -0.2) is 41.2 Å². The van der Waals surface area contributed by atoms with E-state index >= 15 is 0 Å². The highest BCUT2D eigenvalue weighted by Crippen LogP contribution is 2.17. The van der Waals surface area contributed by atoms with Crippen LogP contribution in [0.4, 0.5) is 8.78 Å². The highest BCUT2D eigenvalue weighted by Gasteiger charge is 2.13. The van der Waals surface area contributed by atoms with Crippen LogP contribution < -0.4 is 0 Å². The summed E-state index contributed by atoms with van der Waals surface area (Å²) in [7, 11) is 1.64. The Morgan fingerprint density at radius 1 is 1.39 bits per heavy atom. The Hall–Kier alpha value is -1.53. The fraction of sp³-hybridized carbons (Fsp3) is 0.417. The molecular weight excluding hydrogens is 244 g/mol. The first-order chi connectivity index (χ1) is 8.40. The van der Waals surface area contributed by atoms with E-state index in [1.54, 1.807) is 11.9 Å². The van der Waals surface area contributed by atoms with Crippen molar-refractivity contribution < 1.29 is 23.8 Å². The molecule has 0 fully saturated rings. The van der Waals surface area contributed by atoms with Crippen LogP contribution in [0.3, 0.4) is 0 Å². The summed E-state index contributed by atoms with van der Waals surface area (Å²) in [5.41, 5.74) is 0.260. The number of aliphatic hydroxyl groups excluding tert-OH is 1. The molecule has 4 nitrogen and oxygen atoms in total. The predicted octanol–water partition coefficient (Wildman–Crippen LogP) is 1.40. The number of carbonyl (C=O) groups is 1. The zero-order valence-corrected chi connectivity index (χ0v) is 9.94. The third-order valence-corrected chi connectivity index (χ3v) is 2.52.